The van der Waals surface area contributed by atoms with Crippen LogP contribution in [0.3, 0.4) is 0 Å². The Balaban J connectivity index is 1.61. The minimum atomic E-state index is -0.543. The number of rotatable bonds is 8. The van der Waals surface area contributed by atoms with E-state index in [2.05, 4.69) is 30.8 Å². The van der Waals surface area contributed by atoms with Gasteiger partial charge in [-0.2, -0.15) is 4.52 Å². The van der Waals surface area contributed by atoms with Crippen molar-refractivity contribution in [2.24, 2.45) is 0 Å². The third kappa shape index (κ3) is 4.76. The molecule has 0 aliphatic carbocycles. The number of fused-ring (bicyclic) bond motifs is 1. The molecule has 142 valence electrons. The molecule has 27 heavy (non-hydrogen) atoms. The fourth-order valence-electron chi connectivity index (χ4n) is 2.52. The van der Waals surface area contributed by atoms with Gasteiger partial charge >= 0.3 is 0 Å². The lowest BCUT2D eigenvalue weighted by Crippen LogP contribution is -2.27. The summed E-state index contributed by atoms with van der Waals surface area (Å²) in [5, 5.41) is 18.6. The SMILES string of the molecule is CN(C)CCNc1ccc2nnc(CCNC(=O)c3ccccc3F)n2n1. The van der Waals surface area contributed by atoms with Gasteiger partial charge in [0.1, 0.15) is 11.6 Å². The molecule has 2 aromatic heterocycles. The maximum Gasteiger partial charge on any atom is 0.254 e. The van der Waals surface area contributed by atoms with E-state index < -0.39 is 11.7 Å². The van der Waals surface area contributed by atoms with Crippen LogP contribution in [-0.2, 0) is 6.42 Å². The van der Waals surface area contributed by atoms with Gasteiger partial charge in [-0.3, -0.25) is 4.79 Å². The van der Waals surface area contributed by atoms with Gasteiger partial charge in [-0.25, -0.2) is 4.39 Å². The van der Waals surface area contributed by atoms with Crippen molar-refractivity contribution in [3.8, 4) is 0 Å². The van der Waals surface area contributed by atoms with E-state index in [9.17, 15) is 9.18 Å². The predicted molar refractivity (Wildman–Crippen MR) is 100 cm³/mol. The number of amides is 1. The van der Waals surface area contributed by atoms with Crippen LogP contribution in [0.4, 0.5) is 10.2 Å². The molecule has 0 unspecified atom stereocenters. The van der Waals surface area contributed by atoms with Gasteiger partial charge < -0.3 is 15.5 Å². The highest BCUT2D eigenvalue weighted by molar-refractivity contribution is 5.94. The summed E-state index contributed by atoms with van der Waals surface area (Å²) >= 11 is 0. The molecule has 3 rings (SSSR count). The van der Waals surface area contributed by atoms with Gasteiger partial charge in [0.05, 0.1) is 5.56 Å². The van der Waals surface area contributed by atoms with E-state index in [4.69, 9.17) is 0 Å². The average molecular weight is 371 g/mol. The van der Waals surface area contributed by atoms with Crippen LogP contribution >= 0.6 is 0 Å². The lowest BCUT2D eigenvalue weighted by atomic mass is 10.2. The summed E-state index contributed by atoms with van der Waals surface area (Å²) in [6.45, 7) is 1.95. The molecule has 0 saturated heterocycles. The zero-order valence-electron chi connectivity index (χ0n) is 15.3. The molecule has 9 heteroatoms. The van der Waals surface area contributed by atoms with Crippen LogP contribution in [-0.4, -0.2) is 64.3 Å². The number of halogens is 1. The van der Waals surface area contributed by atoms with Crippen LogP contribution in [0, 0.1) is 5.82 Å². The minimum absolute atomic E-state index is 0.0223. The van der Waals surface area contributed by atoms with Crippen LogP contribution in [0.2, 0.25) is 0 Å². The molecule has 2 heterocycles. The average Bonchev–Trinajstić information content (AvgIpc) is 3.04. The molecule has 8 nitrogen and oxygen atoms in total. The number of carbonyl (C=O) groups is 1. The van der Waals surface area contributed by atoms with Crippen molar-refractivity contribution in [2.45, 2.75) is 6.42 Å². The van der Waals surface area contributed by atoms with Gasteiger partial charge in [-0.15, -0.1) is 15.3 Å². The van der Waals surface area contributed by atoms with E-state index in [0.717, 1.165) is 18.9 Å². The zero-order valence-corrected chi connectivity index (χ0v) is 15.3. The smallest absolute Gasteiger partial charge is 0.254 e. The summed E-state index contributed by atoms with van der Waals surface area (Å²) in [5.41, 5.74) is 0.651. The Bertz CT molecular complexity index is 925. The Morgan fingerprint density at radius 2 is 1.96 bits per heavy atom. The molecule has 2 N–H and O–H groups in total. The first-order valence-electron chi connectivity index (χ1n) is 8.67. The molecule has 0 bridgehead atoms. The molecular weight excluding hydrogens is 349 g/mol. The maximum atomic E-state index is 13.6. The standard InChI is InChI=1S/C18H22FN7O/c1-25(2)12-11-20-15-7-8-16-22-23-17(26(16)24-15)9-10-21-18(27)13-5-3-4-6-14(13)19/h3-8H,9-12H2,1-2H3,(H,20,24)(H,21,27). The number of nitrogens with one attached hydrogen (secondary N) is 2. The van der Waals surface area contributed by atoms with E-state index >= 15 is 0 Å². The number of hydrogen-bond donors (Lipinski definition) is 2. The van der Waals surface area contributed by atoms with E-state index in [1.807, 2.05) is 26.2 Å². The van der Waals surface area contributed by atoms with Gasteiger partial charge in [0, 0.05) is 26.1 Å². The third-order valence-corrected chi connectivity index (χ3v) is 3.95. The number of nitrogens with zero attached hydrogens (tertiary/aromatic N) is 5. The number of hydrogen-bond acceptors (Lipinski definition) is 6. The minimum Gasteiger partial charge on any atom is -0.367 e. The molecule has 1 aromatic carbocycles. The van der Waals surface area contributed by atoms with Crippen molar-refractivity contribution in [3.63, 3.8) is 0 Å². The van der Waals surface area contributed by atoms with E-state index in [0.29, 0.717) is 24.4 Å². The van der Waals surface area contributed by atoms with Crippen LogP contribution < -0.4 is 10.6 Å². The number of likely N-dealkylation sites (N-methyl/N-ethyl adjacent to an activating group) is 1. The first-order chi connectivity index (χ1) is 13.0. The lowest BCUT2D eigenvalue weighted by molar-refractivity contribution is 0.0950. The molecule has 0 fully saturated rings. The summed E-state index contributed by atoms with van der Waals surface area (Å²) in [6.07, 6.45) is 0.426. The van der Waals surface area contributed by atoms with E-state index in [-0.39, 0.29) is 5.56 Å². The second-order valence-electron chi connectivity index (χ2n) is 6.32. The molecular formula is C18H22FN7O. The normalized spacial score (nSPS) is 11.1. The van der Waals surface area contributed by atoms with Gasteiger partial charge in [-0.05, 0) is 38.4 Å². The van der Waals surface area contributed by atoms with Crippen LogP contribution in [0.5, 0.6) is 0 Å². The number of anilines is 1. The van der Waals surface area contributed by atoms with Gasteiger partial charge in [0.25, 0.3) is 5.91 Å². The highest BCUT2D eigenvalue weighted by Gasteiger charge is 2.12. The van der Waals surface area contributed by atoms with Crippen LogP contribution in [0.25, 0.3) is 5.65 Å². The Morgan fingerprint density at radius 1 is 1.15 bits per heavy atom. The molecule has 3 aromatic rings. The van der Waals surface area contributed by atoms with E-state index in [1.54, 1.807) is 16.6 Å². The molecule has 0 atom stereocenters. The summed E-state index contributed by atoms with van der Waals surface area (Å²) < 4.78 is 15.3. The number of carbonyl (C=O) groups excluding carboxylic acids is 1. The monoisotopic (exact) mass is 371 g/mol. The largest absolute Gasteiger partial charge is 0.367 e. The fourth-order valence-corrected chi connectivity index (χ4v) is 2.52. The molecule has 0 aliphatic heterocycles. The topological polar surface area (TPSA) is 87.5 Å². The molecule has 0 saturated carbocycles. The first-order valence-corrected chi connectivity index (χ1v) is 8.67. The van der Waals surface area contributed by atoms with E-state index in [1.165, 1.54) is 12.1 Å². The van der Waals surface area contributed by atoms with Gasteiger partial charge in [0.2, 0.25) is 0 Å². The quantitative estimate of drug-likeness (QED) is 0.619. The maximum absolute atomic E-state index is 13.6. The summed E-state index contributed by atoms with van der Waals surface area (Å²) in [6, 6.07) is 9.56. The van der Waals surface area contributed by atoms with Crippen molar-refractivity contribution in [1.82, 2.24) is 30.0 Å². The Morgan fingerprint density at radius 3 is 2.74 bits per heavy atom. The second kappa shape index (κ2) is 8.54. The van der Waals surface area contributed by atoms with Crippen molar-refractivity contribution in [2.75, 3.05) is 39.0 Å². The van der Waals surface area contributed by atoms with Crippen LogP contribution in [0.1, 0.15) is 16.2 Å². The predicted octanol–water partition coefficient (Wildman–Crippen LogP) is 1.21. The lowest BCUT2D eigenvalue weighted by Gasteiger charge is -2.11. The van der Waals surface area contributed by atoms with Crippen molar-refractivity contribution >= 4 is 17.4 Å². The second-order valence-corrected chi connectivity index (χ2v) is 6.32. The number of benzene rings is 1. The van der Waals surface area contributed by atoms with Crippen molar-refractivity contribution in [1.29, 1.82) is 0 Å². The highest BCUT2D eigenvalue weighted by Crippen LogP contribution is 2.08. The van der Waals surface area contributed by atoms with Gasteiger partial charge in [-0.1, -0.05) is 12.1 Å². The summed E-state index contributed by atoms with van der Waals surface area (Å²) in [7, 11) is 4.01. The fraction of sp³-hybridized carbons (Fsp3) is 0.333. The molecule has 0 spiro atoms. The summed E-state index contributed by atoms with van der Waals surface area (Å²) in [4.78, 5) is 14.1. The zero-order chi connectivity index (χ0) is 19.2. The number of aromatic nitrogens is 4. The Kier molecular flexibility index (Phi) is 5.92. The molecule has 1 amide bonds. The third-order valence-electron chi connectivity index (χ3n) is 3.95. The molecule has 0 radical (unpaired) electrons. The Labute approximate surface area is 156 Å². The molecule has 0 aliphatic rings. The Hall–Kier alpha value is -3.07. The van der Waals surface area contributed by atoms with Crippen molar-refractivity contribution in [3.05, 3.63) is 53.6 Å². The van der Waals surface area contributed by atoms with Crippen molar-refractivity contribution < 1.29 is 9.18 Å². The van der Waals surface area contributed by atoms with Crippen LogP contribution in [0.15, 0.2) is 36.4 Å². The first kappa shape index (κ1) is 18.7. The highest BCUT2D eigenvalue weighted by atomic mass is 19.1. The van der Waals surface area contributed by atoms with Gasteiger partial charge in [0.15, 0.2) is 11.5 Å². The summed E-state index contributed by atoms with van der Waals surface area (Å²) in [5.74, 6) is 0.342.